The largest absolute Gasteiger partial charge is 0.451 e. The molecule has 246 valence electrons. The minimum absolute atomic E-state index is 0.0363. The van der Waals surface area contributed by atoms with Crippen molar-refractivity contribution in [1.29, 1.82) is 0 Å². The molecule has 14 heteroatoms. The van der Waals surface area contributed by atoms with Crippen LogP contribution in [-0.2, 0) is 9.59 Å². The van der Waals surface area contributed by atoms with Crippen molar-refractivity contribution >= 4 is 29.3 Å². The number of carbonyl (C=O) groups excluding carboxylic acids is 3. The van der Waals surface area contributed by atoms with Crippen LogP contribution in [-0.4, -0.2) is 68.6 Å². The van der Waals surface area contributed by atoms with E-state index in [4.69, 9.17) is 16.3 Å². The average molecular weight is 662 g/mol. The third-order valence-electron chi connectivity index (χ3n) is 7.99. The summed E-state index contributed by atoms with van der Waals surface area (Å²) < 4.78 is 46.0. The highest BCUT2D eigenvalue weighted by atomic mass is 35.5. The molecule has 2 heterocycles. The summed E-state index contributed by atoms with van der Waals surface area (Å²) in [7, 11) is 0. The molecule has 0 unspecified atom stereocenters. The van der Waals surface area contributed by atoms with Gasteiger partial charge in [0.25, 0.3) is 5.91 Å². The van der Waals surface area contributed by atoms with Crippen LogP contribution < -0.4 is 15.6 Å². The van der Waals surface area contributed by atoms with Gasteiger partial charge in [0.05, 0.1) is 17.8 Å². The number of nitrogens with one attached hydrogen (secondary N) is 2. The van der Waals surface area contributed by atoms with Crippen molar-refractivity contribution in [3.63, 3.8) is 0 Å². The highest BCUT2D eigenvalue weighted by Crippen LogP contribution is 2.40. The number of H-pyrrole nitrogens is 1. The maximum atomic E-state index is 14.1. The van der Waals surface area contributed by atoms with E-state index in [1.54, 1.807) is 44.2 Å². The van der Waals surface area contributed by atoms with Crippen molar-refractivity contribution in [2.45, 2.75) is 77.8 Å². The first-order chi connectivity index (χ1) is 21.6. The van der Waals surface area contributed by atoms with Crippen LogP contribution in [0.4, 0.5) is 13.2 Å². The summed E-state index contributed by atoms with van der Waals surface area (Å²) in [5.74, 6) is -1.49. The number of hydrogen-bond acceptors (Lipinski definition) is 6. The fourth-order valence-electron chi connectivity index (χ4n) is 5.76. The van der Waals surface area contributed by atoms with E-state index in [1.807, 2.05) is 0 Å². The standard InChI is InChI=1S/C32H35ClF3N5O5/c1-17-13-23(9-12-27(17)46-28-14-18(2)38-39-30(28)44)29(43)37-19(3)31(45)41-25(20(4)40(21(5)42)16-32(34,35)36)10-11-26(41)22-7-6-8-24(33)15-22/h6-9,12-15,19-20,25-26H,10-11,16H2,1-5H3,(H,37,43)(H,39,44)/t19-,20+,25-,26+/m1/s1. The Kier molecular flexibility index (Phi) is 10.4. The molecule has 1 aliphatic rings. The van der Waals surface area contributed by atoms with Crippen LogP contribution in [0.3, 0.4) is 0 Å². The highest BCUT2D eigenvalue weighted by Gasteiger charge is 2.45. The van der Waals surface area contributed by atoms with E-state index in [0.717, 1.165) is 11.8 Å². The number of carbonyl (C=O) groups is 3. The zero-order valence-corrected chi connectivity index (χ0v) is 26.7. The number of benzene rings is 2. The third kappa shape index (κ3) is 8.06. The molecule has 3 amide bonds. The number of ether oxygens (including phenoxy) is 1. The molecular weight excluding hydrogens is 627 g/mol. The van der Waals surface area contributed by atoms with Crippen LogP contribution in [0, 0.1) is 13.8 Å². The van der Waals surface area contributed by atoms with E-state index >= 15 is 0 Å². The molecule has 4 atom stereocenters. The van der Waals surface area contributed by atoms with Crippen molar-refractivity contribution in [3.05, 3.63) is 86.3 Å². The zero-order valence-electron chi connectivity index (χ0n) is 25.9. The molecule has 46 heavy (non-hydrogen) atoms. The summed E-state index contributed by atoms with van der Waals surface area (Å²) in [6, 6.07) is 9.53. The van der Waals surface area contributed by atoms with Crippen LogP contribution in [0.5, 0.6) is 11.5 Å². The number of likely N-dealkylation sites (tertiary alicyclic amines) is 1. The fraction of sp³-hybridized carbons (Fsp3) is 0.406. The number of alkyl halides is 3. The Morgan fingerprint density at radius 1 is 1.11 bits per heavy atom. The maximum absolute atomic E-state index is 14.1. The maximum Gasteiger partial charge on any atom is 0.406 e. The van der Waals surface area contributed by atoms with Gasteiger partial charge in [0.15, 0.2) is 5.75 Å². The third-order valence-corrected chi connectivity index (χ3v) is 8.23. The van der Waals surface area contributed by atoms with Gasteiger partial charge in [-0.05, 0) is 82.0 Å². The van der Waals surface area contributed by atoms with Crippen LogP contribution >= 0.6 is 11.6 Å². The first-order valence-corrected chi connectivity index (χ1v) is 15.0. The van der Waals surface area contributed by atoms with E-state index in [0.29, 0.717) is 40.4 Å². The van der Waals surface area contributed by atoms with Gasteiger partial charge in [-0.3, -0.25) is 19.2 Å². The van der Waals surface area contributed by atoms with Crippen LogP contribution in [0.2, 0.25) is 5.02 Å². The van der Waals surface area contributed by atoms with E-state index in [2.05, 4.69) is 15.5 Å². The van der Waals surface area contributed by atoms with E-state index in [1.165, 1.54) is 36.9 Å². The topological polar surface area (TPSA) is 125 Å². The second-order valence-electron chi connectivity index (χ2n) is 11.4. The van der Waals surface area contributed by atoms with Crippen LogP contribution in [0.1, 0.15) is 66.8 Å². The Morgan fingerprint density at radius 2 is 1.83 bits per heavy atom. The van der Waals surface area contributed by atoms with Gasteiger partial charge in [0.1, 0.15) is 18.3 Å². The van der Waals surface area contributed by atoms with Crippen LogP contribution in [0.15, 0.2) is 53.3 Å². The molecule has 1 aromatic heterocycles. The summed E-state index contributed by atoms with van der Waals surface area (Å²) in [6.07, 6.45) is -3.89. The van der Waals surface area contributed by atoms with Gasteiger partial charge in [0.2, 0.25) is 11.8 Å². The van der Waals surface area contributed by atoms with E-state index in [9.17, 15) is 32.3 Å². The second kappa shape index (κ2) is 13.9. The van der Waals surface area contributed by atoms with Crippen molar-refractivity contribution in [2.24, 2.45) is 0 Å². The number of halogens is 4. The number of nitrogens with zero attached hydrogens (tertiary/aromatic N) is 3. The molecule has 3 aromatic rings. The minimum Gasteiger partial charge on any atom is -0.451 e. The Morgan fingerprint density at radius 3 is 2.46 bits per heavy atom. The molecule has 0 saturated carbocycles. The molecule has 1 fully saturated rings. The van der Waals surface area contributed by atoms with Crippen molar-refractivity contribution in [3.8, 4) is 11.5 Å². The van der Waals surface area contributed by atoms with Gasteiger partial charge >= 0.3 is 11.7 Å². The summed E-state index contributed by atoms with van der Waals surface area (Å²) >= 11 is 6.23. The monoisotopic (exact) mass is 661 g/mol. The normalized spacial score (nSPS) is 17.7. The number of amides is 3. The number of aromatic amines is 1. The molecule has 0 spiro atoms. The average Bonchev–Trinajstić information content (AvgIpc) is 3.42. The Bertz CT molecular complexity index is 1680. The molecule has 1 aliphatic heterocycles. The molecule has 0 aliphatic carbocycles. The van der Waals surface area contributed by atoms with Gasteiger partial charge in [-0.2, -0.15) is 18.3 Å². The molecule has 2 N–H and O–H groups in total. The lowest BCUT2D eigenvalue weighted by atomic mass is 10.0. The van der Waals surface area contributed by atoms with Crippen molar-refractivity contribution in [2.75, 3.05) is 6.54 Å². The smallest absolute Gasteiger partial charge is 0.406 e. The number of hydrogen-bond donors (Lipinski definition) is 2. The minimum atomic E-state index is -4.63. The second-order valence-corrected chi connectivity index (χ2v) is 11.9. The molecule has 1 saturated heterocycles. The molecule has 10 nitrogen and oxygen atoms in total. The van der Waals surface area contributed by atoms with E-state index < -0.39 is 60.2 Å². The van der Waals surface area contributed by atoms with Crippen molar-refractivity contribution in [1.82, 2.24) is 25.3 Å². The lowest BCUT2D eigenvalue weighted by molar-refractivity contribution is -0.167. The highest BCUT2D eigenvalue weighted by molar-refractivity contribution is 6.30. The predicted octanol–water partition coefficient (Wildman–Crippen LogP) is 5.48. The number of aromatic nitrogens is 2. The lowest BCUT2D eigenvalue weighted by Crippen LogP contribution is -2.56. The Labute approximate surface area is 268 Å². The summed E-state index contributed by atoms with van der Waals surface area (Å²) in [4.78, 5) is 53.9. The predicted molar refractivity (Wildman–Crippen MR) is 165 cm³/mol. The zero-order chi connectivity index (χ0) is 33.9. The molecule has 2 aromatic carbocycles. The van der Waals surface area contributed by atoms with Gasteiger partial charge in [-0.15, -0.1) is 0 Å². The van der Waals surface area contributed by atoms with Gasteiger partial charge < -0.3 is 19.9 Å². The van der Waals surface area contributed by atoms with Crippen molar-refractivity contribution < 1.29 is 32.3 Å². The van der Waals surface area contributed by atoms with Crippen LogP contribution in [0.25, 0.3) is 0 Å². The first-order valence-electron chi connectivity index (χ1n) is 14.6. The molecular formula is C32H35ClF3N5O5. The summed E-state index contributed by atoms with van der Waals surface area (Å²) in [6.45, 7) is 5.98. The van der Waals surface area contributed by atoms with Gasteiger partial charge in [0, 0.05) is 29.6 Å². The quantitative estimate of drug-likeness (QED) is 0.313. The first kappa shape index (κ1) is 34.5. The fourth-order valence-corrected chi connectivity index (χ4v) is 5.96. The SMILES string of the molecule is CC(=O)N(CC(F)(F)F)[C@@H](C)[C@H]1CC[C@@H](c2cccc(Cl)c2)N1C(=O)[C@@H](C)NC(=O)c1ccc(Oc2cc(C)n[nH]c2=O)c(C)c1. The molecule has 0 bridgehead atoms. The van der Waals surface area contributed by atoms with Gasteiger partial charge in [-0.1, -0.05) is 23.7 Å². The number of rotatable bonds is 9. The molecule has 4 rings (SSSR count). The number of aryl methyl sites for hydroxylation is 2. The summed E-state index contributed by atoms with van der Waals surface area (Å²) in [5, 5.41) is 9.27. The molecule has 0 radical (unpaired) electrons. The lowest BCUT2D eigenvalue weighted by Gasteiger charge is -2.40. The Hall–Kier alpha value is -4.39. The Balaban J connectivity index is 1.57. The summed E-state index contributed by atoms with van der Waals surface area (Å²) in [5.41, 5.74) is 1.48. The van der Waals surface area contributed by atoms with Gasteiger partial charge in [-0.25, -0.2) is 5.10 Å². The van der Waals surface area contributed by atoms with E-state index in [-0.39, 0.29) is 11.3 Å².